The van der Waals surface area contributed by atoms with E-state index < -0.39 is 5.91 Å². The Labute approximate surface area is 164 Å². The summed E-state index contributed by atoms with van der Waals surface area (Å²) in [6.07, 6.45) is 16.1. The molecular weight excluding hydrogens is 350 g/mol. The Morgan fingerprint density at radius 2 is 1.50 bits per heavy atom. The lowest BCUT2D eigenvalue weighted by Gasteiger charge is -2.07. The third-order valence-electron chi connectivity index (χ3n) is 4.29. The molecule has 26 heavy (non-hydrogen) atoms. The molecule has 0 saturated carbocycles. The Bertz CT molecular complexity index is 518. The molecular formula is C20H34ClN3O2. The molecule has 0 aliphatic carbocycles. The predicted molar refractivity (Wildman–Crippen MR) is 107 cm³/mol. The molecule has 0 atom stereocenters. The maximum absolute atomic E-state index is 11.8. The van der Waals surface area contributed by atoms with Gasteiger partial charge in [-0.25, -0.2) is 4.57 Å². The summed E-state index contributed by atoms with van der Waals surface area (Å²) < 4.78 is 1.71. The Hall–Kier alpha value is -1.62. The zero-order valence-electron chi connectivity index (χ0n) is 16.0. The first kappa shape index (κ1) is 24.4. The second kappa shape index (κ2) is 15.6. The number of primary amides is 1. The molecule has 0 fully saturated rings. The van der Waals surface area contributed by atoms with E-state index in [1.54, 1.807) is 29.1 Å². The van der Waals surface area contributed by atoms with E-state index in [9.17, 15) is 9.90 Å². The fourth-order valence-corrected chi connectivity index (χ4v) is 2.74. The van der Waals surface area contributed by atoms with E-state index in [0.717, 1.165) is 12.8 Å². The van der Waals surface area contributed by atoms with Crippen LogP contribution >= 0.6 is 12.4 Å². The van der Waals surface area contributed by atoms with Crippen LogP contribution in [0.3, 0.4) is 0 Å². The first-order valence-corrected chi connectivity index (χ1v) is 9.62. The van der Waals surface area contributed by atoms with Crippen LogP contribution in [0.4, 0.5) is 0 Å². The molecule has 2 N–H and O–H groups in total. The first-order chi connectivity index (χ1) is 12.1. The molecule has 148 valence electrons. The number of aromatic nitrogens is 1. The molecule has 6 heteroatoms. The van der Waals surface area contributed by atoms with Crippen molar-refractivity contribution in [2.45, 2.75) is 77.7 Å². The van der Waals surface area contributed by atoms with E-state index in [4.69, 9.17) is 5.73 Å². The maximum Gasteiger partial charge on any atom is 0.249 e. The number of amides is 1. The van der Waals surface area contributed by atoms with Gasteiger partial charge in [0.05, 0.1) is 5.56 Å². The average Bonchev–Trinajstić information content (AvgIpc) is 2.60. The van der Waals surface area contributed by atoms with Crippen LogP contribution in [-0.2, 0) is 6.54 Å². The van der Waals surface area contributed by atoms with Crippen molar-refractivity contribution < 1.29 is 14.5 Å². The number of carbonyl (C=O) groups excluding carboxylic acids is 1. The van der Waals surface area contributed by atoms with Crippen LogP contribution in [0.1, 0.15) is 81.5 Å². The minimum Gasteiger partial charge on any atom is -0.858 e. The lowest BCUT2D eigenvalue weighted by atomic mass is 10.1. The summed E-state index contributed by atoms with van der Waals surface area (Å²) >= 11 is 0. The van der Waals surface area contributed by atoms with Gasteiger partial charge in [-0.2, -0.15) is 0 Å². The molecule has 0 unspecified atom stereocenters. The van der Waals surface area contributed by atoms with Crippen LogP contribution < -0.4 is 15.4 Å². The van der Waals surface area contributed by atoms with Crippen LogP contribution in [0.25, 0.3) is 0 Å². The molecule has 0 aliphatic rings. The van der Waals surface area contributed by atoms with E-state index in [-0.39, 0.29) is 24.8 Å². The van der Waals surface area contributed by atoms with E-state index in [1.165, 1.54) is 51.4 Å². The minimum absolute atomic E-state index is 0. The van der Waals surface area contributed by atoms with Gasteiger partial charge in [0.1, 0.15) is 0 Å². The Balaban J connectivity index is 0.00000625. The highest BCUT2D eigenvalue weighted by atomic mass is 35.5. The number of hydrogen-bond donors (Lipinski definition) is 1. The molecule has 0 saturated heterocycles. The maximum atomic E-state index is 11.8. The average molecular weight is 384 g/mol. The molecule has 0 aromatic carbocycles. The smallest absolute Gasteiger partial charge is 0.249 e. The lowest BCUT2D eigenvalue weighted by molar-refractivity contribution is -0.687. The van der Waals surface area contributed by atoms with Crippen molar-refractivity contribution >= 4 is 24.2 Å². The summed E-state index contributed by atoms with van der Waals surface area (Å²) in [5.41, 5.74) is 5.62. The highest BCUT2D eigenvalue weighted by Gasteiger charge is 2.04. The summed E-state index contributed by atoms with van der Waals surface area (Å²) in [6, 6.07) is 3.22. The summed E-state index contributed by atoms with van der Waals surface area (Å²) in [4.78, 5) is 15.1. The van der Waals surface area contributed by atoms with Gasteiger partial charge in [0, 0.05) is 24.6 Å². The quantitative estimate of drug-likeness (QED) is 0.231. The topological polar surface area (TPSA) is 82.4 Å². The summed E-state index contributed by atoms with van der Waals surface area (Å²) in [5.74, 6) is -0.600. The third kappa shape index (κ3) is 11.9. The summed E-state index contributed by atoms with van der Waals surface area (Å²) in [7, 11) is 0. The van der Waals surface area contributed by atoms with Crippen LogP contribution in [0.5, 0.6) is 0 Å². The third-order valence-corrected chi connectivity index (χ3v) is 4.29. The number of hydrogen-bond acceptors (Lipinski definition) is 3. The number of rotatable bonds is 14. The highest BCUT2D eigenvalue weighted by molar-refractivity contribution is 5.92. The molecule has 1 aromatic heterocycles. The van der Waals surface area contributed by atoms with Crippen LogP contribution in [-0.4, -0.2) is 18.3 Å². The predicted octanol–water partition coefficient (Wildman–Crippen LogP) is 3.17. The van der Waals surface area contributed by atoms with Crippen molar-refractivity contribution in [3.63, 3.8) is 0 Å². The van der Waals surface area contributed by atoms with Crippen LogP contribution in [0.15, 0.2) is 29.5 Å². The Morgan fingerprint density at radius 1 is 1.00 bits per heavy atom. The Kier molecular flexibility index (Phi) is 14.6. The number of unbranched alkanes of at least 4 members (excludes halogenated alkanes) is 9. The second-order valence-corrected chi connectivity index (χ2v) is 6.58. The fourth-order valence-electron chi connectivity index (χ4n) is 2.74. The van der Waals surface area contributed by atoms with Gasteiger partial charge in [-0.15, -0.1) is 12.4 Å². The standard InChI is InChI=1S/C20H33N3O2.ClH/c1-2-3-4-5-6-7-8-9-10-11-14-22-19(24)17-23-15-12-18(13-16-23)20(21)25;/h12-13,15-16H,2-11,14,17H2,1H3,(H2-,21,22,24,25);1H. The Morgan fingerprint density at radius 3 is 2.00 bits per heavy atom. The number of carbonyl (C=O) groups is 1. The van der Waals surface area contributed by atoms with Crippen molar-refractivity contribution in [1.29, 1.82) is 0 Å². The molecule has 1 heterocycles. The summed E-state index contributed by atoms with van der Waals surface area (Å²) in [5, 5.41) is 11.8. The van der Waals surface area contributed by atoms with Gasteiger partial charge in [0.2, 0.25) is 5.91 Å². The minimum atomic E-state index is -0.468. The number of pyridine rings is 1. The van der Waals surface area contributed by atoms with Gasteiger partial charge in [-0.05, 0) is 6.42 Å². The van der Waals surface area contributed by atoms with Crippen molar-refractivity contribution in [3.05, 3.63) is 30.1 Å². The molecule has 0 bridgehead atoms. The van der Waals surface area contributed by atoms with Crippen LogP contribution in [0, 0.1) is 0 Å². The molecule has 0 radical (unpaired) electrons. The number of nitrogens with zero attached hydrogens (tertiary/aromatic N) is 2. The van der Waals surface area contributed by atoms with E-state index in [0.29, 0.717) is 12.1 Å². The number of halogens is 1. The van der Waals surface area contributed by atoms with Crippen LogP contribution in [0.2, 0.25) is 0 Å². The van der Waals surface area contributed by atoms with Crippen molar-refractivity contribution in [1.82, 2.24) is 0 Å². The monoisotopic (exact) mass is 383 g/mol. The van der Waals surface area contributed by atoms with Crippen molar-refractivity contribution in [3.8, 4) is 0 Å². The molecule has 5 nitrogen and oxygen atoms in total. The fraction of sp³-hybridized carbons (Fsp3) is 0.650. The highest BCUT2D eigenvalue weighted by Crippen LogP contribution is 2.10. The SMILES string of the molecule is CCCCCCCCCCCCN=C([O-])C[n+]1ccc(C(N)=O)cc1.Cl. The van der Waals surface area contributed by atoms with Gasteiger partial charge < -0.3 is 10.8 Å². The zero-order valence-corrected chi connectivity index (χ0v) is 16.8. The van der Waals surface area contributed by atoms with Gasteiger partial charge in [-0.1, -0.05) is 64.7 Å². The van der Waals surface area contributed by atoms with Gasteiger partial charge in [0.15, 0.2) is 18.9 Å². The van der Waals surface area contributed by atoms with Gasteiger partial charge >= 0.3 is 0 Å². The van der Waals surface area contributed by atoms with E-state index >= 15 is 0 Å². The molecule has 0 aliphatic heterocycles. The number of aliphatic imine (C=N–C) groups is 1. The summed E-state index contributed by atoms with van der Waals surface area (Å²) in [6.45, 7) is 3.06. The van der Waals surface area contributed by atoms with Gasteiger partial charge in [-0.3, -0.25) is 9.79 Å². The zero-order chi connectivity index (χ0) is 18.3. The van der Waals surface area contributed by atoms with Crippen molar-refractivity contribution in [2.75, 3.05) is 6.54 Å². The van der Waals surface area contributed by atoms with Gasteiger partial charge in [0.25, 0.3) is 0 Å². The molecule has 1 rings (SSSR count). The normalized spacial score (nSPS) is 11.2. The number of nitrogens with two attached hydrogens (primary N) is 1. The lowest BCUT2D eigenvalue weighted by Crippen LogP contribution is -2.42. The second-order valence-electron chi connectivity index (χ2n) is 6.58. The van der Waals surface area contributed by atoms with Crippen molar-refractivity contribution in [2.24, 2.45) is 10.7 Å². The van der Waals surface area contributed by atoms with E-state index in [2.05, 4.69) is 11.9 Å². The largest absolute Gasteiger partial charge is 0.858 e. The molecule has 1 aromatic rings. The molecule has 1 amide bonds. The first-order valence-electron chi connectivity index (χ1n) is 9.62. The molecule has 0 spiro atoms. The van der Waals surface area contributed by atoms with E-state index in [1.807, 2.05) is 0 Å².